The molecule has 0 aliphatic rings. The summed E-state index contributed by atoms with van der Waals surface area (Å²) < 4.78 is 11.8. The number of aliphatic hydroxyl groups is 1. The molecule has 0 saturated carbocycles. The lowest BCUT2D eigenvalue weighted by molar-refractivity contribution is 0.284. The number of unbranched alkanes of at least 4 members (excludes halogenated alkanes) is 2. The molecule has 1 N–H and O–H groups in total. The Morgan fingerprint density at radius 1 is 1.13 bits per heavy atom. The van der Waals surface area contributed by atoms with Gasteiger partial charge in [-0.15, -0.1) is 0 Å². The molecular weight excluding hydrogens is 208 g/mol. The number of hydrogen-bond acceptors (Lipinski definition) is 2. The van der Waals surface area contributed by atoms with Crippen molar-refractivity contribution in [2.45, 2.75) is 31.1 Å². The van der Waals surface area contributed by atoms with Crippen LogP contribution in [-0.2, 0) is 10.8 Å². The van der Waals surface area contributed by atoms with Crippen LogP contribution < -0.4 is 0 Å². The Bertz CT molecular complexity index is 306. The van der Waals surface area contributed by atoms with E-state index in [-0.39, 0.29) is 6.61 Å². The van der Waals surface area contributed by atoms with Gasteiger partial charge in [-0.2, -0.15) is 0 Å². The van der Waals surface area contributed by atoms with Gasteiger partial charge in [0.15, 0.2) is 0 Å². The van der Waals surface area contributed by atoms with Crippen molar-refractivity contribution in [3.8, 4) is 0 Å². The Kier molecular flexibility index (Phi) is 5.58. The van der Waals surface area contributed by atoms with Crippen LogP contribution >= 0.6 is 0 Å². The first kappa shape index (κ1) is 12.4. The third-order valence-electron chi connectivity index (χ3n) is 2.27. The molecular formula is C12H18O2S. The van der Waals surface area contributed by atoms with Gasteiger partial charge in [0.2, 0.25) is 0 Å². The third-order valence-corrected chi connectivity index (χ3v) is 3.73. The molecule has 0 bridgehead atoms. The second kappa shape index (κ2) is 6.75. The van der Waals surface area contributed by atoms with Crippen LogP contribution in [-0.4, -0.2) is 21.7 Å². The first-order valence-electron chi connectivity index (χ1n) is 5.30. The Morgan fingerprint density at radius 3 is 2.40 bits per heavy atom. The smallest absolute Gasteiger partial charge is 0.0529 e. The molecule has 0 radical (unpaired) electrons. The van der Waals surface area contributed by atoms with E-state index in [1.165, 1.54) is 5.56 Å². The molecule has 1 rings (SSSR count). The van der Waals surface area contributed by atoms with Crippen molar-refractivity contribution < 1.29 is 9.32 Å². The highest BCUT2D eigenvalue weighted by Crippen LogP contribution is 2.10. The van der Waals surface area contributed by atoms with Gasteiger partial charge in [0, 0.05) is 17.3 Å². The second-order valence-corrected chi connectivity index (χ2v) is 5.22. The van der Waals surface area contributed by atoms with Crippen molar-refractivity contribution in [3.05, 3.63) is 29.8 Å². The van der Waals surface area contributed by atoms with Gasteiger partial charge < -0.3 is 5.11 Å². The van der Waals surface area contributed by atoms with E-state index in [2.05, 4.69) is 0 Å². The van der Waals surface area contributed by atoms with Crippen molar-refractivity contribution >= 4 is 10.8 Å². The molecule has 1 unspecified atom stereocenters. The predicted molar refractivity (Wildman–Crippen MR) is 63.4 cm³/mol. The van der Waals surface area contributed by atoms with Crippen LogP contribution in [0.15, 0.2) is 29.2 Å². The van der Waals surface area contributed by atoms with E-state index in [4.69, 9.17) is 5.11 Å². The standard InChI is InChI=1S/C12H18O2S/c1-11-5-7-12(8-6-11)15(14)10-4-2-3-9-13/h5-8,13H,2-4,9-10H2,1H3. The molecule has 0 aromatic heterocycles. The maximum Gasteiger partial charge on any atom is 0.0529 e. The Hall–Kier alpha value is -0.670. The summed E-state index contributed by atoms with van der Waals surface area (Å²) in [5.41, 5.74) is 1.19. The highest BCUT2D eigenvalue weighted by atomic mass is 32.2. The van der Waals surface area contributed by atoms with Gasteiger partial charge in [0.05, 0.1) is 10.8 Å². The van der Waals surface area contributed by atoms with Crippen molar-refractivity contribution in [2.24, 2.45) is 0 Å². The fraction of sp³-hybridized carbons (Fsp3) is 0.500. The molecule has 0 aliphatic heterocycles. The van der Waals surface area contributed by atoms with E-state index in [1.807, 2.05) is 31.2 Å². The average molecular weight is 226 g/mol. The van der Waals surface area contributed by atoms with Crippen LogP contribution in [0.1, 0.15) is 24.8 Å². The molecule has 3 heteroatoms. The highest BCUT2D eigenvalue weighted by molar-refractivity contribution is 7.85. The molecule has 0 fully saturated rings. The molecule has 1 aromatic rings. The summed E-state index contributed by atoms with van der Waals surface area (Å²) in [5, 5.41) is 8.60. The van der Waals surface area contributed by atoms with Gasteiger partial charge in [0.25, 0.3) is 0 Å². The third kappa shape index (κ3) is 4.58. The van der Waals surface area contributed by atoms with E-state index < -0.39 is 10.8 Å². The Morgan fingerprint density at radius 2 is 1.80 bits per heavy atom. The maximum atomic E-state index is 11.8. The van der Waals surface area contributed by atoms with E-state index in [1.54, 1.807) is 0 Å². The van der Waals surface area contributed by atoms with Crippen LogP contribution in [0.25, 0.3) is 0 Å². The minimum absolute atomic E-state index is 0.233. The van der Waals surface area contributed by atoms with Crippen molar-refractivity contribution in [2.75, 3.05) is 12.4 Å². The summed E-state index contributed by atoms with van der Waals surface area (Å²) >= 11 is 0. The van der Waals surface area contributed by atoms with Crippen LogP contribution in [0.2, 0.25) is 0 Å². The lowest BCUT2D eigenvalue weighted by Crippen LogP contribution is -1.98. The average Bonchev–Trinajstić information content (AvgIpc) is 2.25. The van der Waals surface area contributed by atoms with Gasteiger partial charge in [-0.05, 0) is 31.9 Å². The van der Waals surface area contributed by atoms with E-state index >= 15 is 0 Å². The summed E-state index contributed by atoms with van der Waals surface area (Å²) in [4.78, 5) is 0.907. The molecule has 0 heterocycles. The minimum Gasteiger partial charge on any atom is -0.396 e. The highest BCUT2D eigenvalue weighted by Gasteiger charge is 2.02. The number of benzene rings is 1. The SMILES string of the molecule is Cc1ccc(S(=O)CCCCCO)cc1. The Labute approximate surface area is 93.8 Å². The number of rotatable bonds is 6. The van der Waals surface area contributed by atoms with Gasteiger partial charge >= 0.3 is 0 Å². The fourth-order valence-electron chi connectivity index (χ4n) is 1.33. The van der Waals surface area contributed by atoms with Gasteiger partial charge in [-0.1, -0.05) is 24.1 Å². The number of hydrogen-bond donors (Lipinski definition) is 1. The largest absolute Gasteiger partial charge is 0.396 e. The molecule has 0 aliphatic carbocycles. The lowest BCUT2D eigenvalue weighted by atomic mass is 10.2. The first-order valence-corrected chi connectivity index (χ1v) is 6.62. The quantitative estimate of drug-likeness (QED) is 0.755. The van der Waals surface area contributed by atoms with Crippen molar-refractivity contribution in [1.82, 2.24) is 0 Å². The fourth-order valence-corrected chi connectivity index (χ4v) is 2.47. The maximum absolute atomic E-state index is 11.8. The molecule has 0 amide bonds. The summed E-state index contributed by atoms with van der Waals surface area (Å²) in [6.07, 6.45) is 2.68. The van der Waals surface area contributed by atoms with Crippen LogP contribution in [0.5, 0.6) is 0 Å². The Balaban J connectivity index is 2.37. The predicted octanol–water partition coefficient (Wildman–Crippen LogP) is 2.27. The summed E-state index contributed by atoms with van der Waals surface area (Å²) in [6.45, 7) is 2.26. The number of aliphatic hydroxyl groups excluding tert-OH is 1. The first-order chi connectivity index (χ1) is 7.24. The van der Waals surface area contributed by atoms with Crippen molar-refractivity contribution in [1.29, 1.82) is 0 Å². The van der Waals surface area contributed by atoms with E-state index in [9.17, 15) is 4.21 Å². The van der Waals surface area contributed by atoms with E-state index in [0.29, 0.717) is 5.75 Å². The van der Waals surface area contributed by atoms with Crippen molar-refractivity contribution in [3.63, 3.8) is 0 Å². The molecule has 1 aromatic carbocycles. The zero-order valence-electron chi connectivity index (χ0n) is 9.11. The topological polar surface area (TPSA) is 37.3 Å². The van der Waals surface area contributed by atoms with Gasteiger partial charge in [-0.3, -0.25) is 4.21 Å². The van der Waals surface area contributed by atoms with Gasteiger partial charge in [-0.25, -0.2) is 0 Å². The second-order valence-electron chi connectivity index (χ2n) is 3.65. The molecule has 15 heavy (non-hydrogen) atoms. The molecule has 1 atom stereocenters. The summed E-state index contributed by atoms with van der Waals surface area (Å²) in [7, 11) is -0.877. The van der Waals surface area contributed by atoms with Crippen LogP contribution in [0, 0.1) is 6.92 Å². The zero-order chi connectivity index (χ0) is 11.1. The zero-order valence-corrected chi connectivity index (χ0v) is 9.93. The van der Waals surface area contributed by atoms with E-state index in [0.717, 1.165) is 24.2 Å². The summed E-state index contributed by atoms with van der Waals surface area (Å²) in [6, 6.07) is 7.83. The molecule has 0 spiro atoms. The molecule has 84 valence electrons. The molecule has 0 saturated heterocycles. The van der Waals surface area contributed by atoms with Gasteiger partial charge in [0.1, 0.15) is 0 Å². The normalized spacial score (nSPS) is 12.7. The molecule has 2 nitrogen and oxygen atoms in total. The van der Waals surface area contributed by atoms with Crippen LogP contribution in [0.3, 0.4) is 0 Å². The lowest BCUT2D eigenvalue weighted by Gasteiger charge is -2.02. The number of aryl methyl sites for hydroxylation is 1. The van der Waals surface area contributed by atoms with Crippen LogP contribution in [0.4, 0.5) is 0 Å². The minimum atomic E-state index is -0.877. The monoisotopic (exact) mass is 226 g/mol. The summed E-state index contributed by atoms with van der Waals surface area (Å²) in [5.74, 6) is 0.697.